The molecule has 0 bridgehead atoms. The average molecular weight is 139 g/mol. The molecule has 3 heteroatoms. The van der Waals surface area contributed by atoms with Crippen LogP contribution in [0.5, 0.6) is 0 Å². The normalized spacial score (nSPS) is 9.80. The quantitative estimate of drug-likeness (QED) is 0.691. The molecule has 1 radical (unpaired) electrons. The predicted molar refractivity (Wildman–Crippen MR) is 38.9 cm³/mol. The van der Waals surface area contributed by atoms with Crippen molar-refractivity contribution in [1.82, 2.24) is 5.16 Å². The van der Waals surface area contributed by atoms with Gasteiger partial charge in [0, 0.05) is 12.1 Å². The molecule has 0 aliphatic heterocycles. The van der Waals surface area contributed by atoms with Crippen molar-refractivity contribution in [1.29, 1.82) is 0 Å². The van der Waals surface area contributed by atoms with E-state index in [-0.39, 0.29) is 0 Å². The topological polar surface area (TPSA) is 38.1 Å². The molecule has 0 amide bonds. The maximum atomic E-state index is 4.85. The highest BCUT2D eigenvalue weighted by Crippen LogP contribution is 2.10. The summed E-state index contributed by atoms with van der Waals surface area (Å²) in [6, 6.07) is 0. The molecule has 0 spiro atoms. The van der Waals surface area contributed by atoms with Crippen LogP contribution in [0.15, 0.2) is 4.52 Å². The highest BCUT2D eigenvalue weighted by Gasteiger charge is 2.00. The fourth-order valence-electron chi connectivity index (χ4n) is 0.660. The highest BCUT2D eigenvalue weighted by molar-refractivity contribution is 5.36. The van der Waals surface area contributed by atoms with E-state index in [0.717, 1.165) is 24.4 Å². The van der Waals surface area contributed by atoms with Crippen molar-refractivity contribution in [3.05, 3.63) is 11.8 Å². The standard InChI is InChI=1S/C7H11N2O/c1-3-4-8-7-6(2)5-9-10-7/h8H,3-4H2,1-2H3. The number of nitrogens with zero attached hydrogens (tertiary/aromatic N) is 1. The molecular formula is C7H11N2O. The molecule has 55 valence electrons. The molecule has 10 heavy (non-hydrogen) atoms. The highest BCUT2D eigenvalue weighted by atomic mass is 16.5. The number of nitrogens with one attached hydrogen (secondary N) is 1. The van der Waals surface area contributed by atoms with E-state index in [1.165, 1.54) is 0 Å². The van der Waals surface area contributed by atoms with Crippen molar-refractivity contribution in [2.24, 2.45) is 0 Å². The molecule has 0 saturated carbocycles. The SMILES string of the molecule is CCCNc1on[c]c1C. The predicted octanol–water partition coefficient (Wildman–Crippen LogP) is 1.61. The molecule has 1 aromatic heterocycles. The molecule has 0 atom stereocenters. The van der Waals surface area contributed by atoms with Gasteiger partial charge in [-0.05, 0) is 13.3 Å². The van der Waals surface area contributed by atoms with Crippen LogP contribution in [0.3, 0.4) is 0 Å². The van der Waals surface area contributed by atoms with Crippen LogP contribution in [0, 0.1) is 13.1 Å². The molecule has 0 aliphatic rings. The van der Waals surface area contributed by atoms with Crippen molar-refractivity contribution in [3.63, 3.8) is 0 Å². The van der Waals surface area contributed by atoms with Gasteiger partial charge in [-0.3, -0.25) is 0 Å². The summed E-state index contributed by atoms with van der Waals surface area (Å²) in [5, 5.41) is 6.59. The molecule has 0 aliphatic carbocycles. The Labute approximate surface area is 60.4 Å². The van der Waals surface area contributed by atoms with Gasteiger partial charge in [-0.1, -0.05) is 12.1 Å². The summed E-state index contributed by atoms with van der Waals surface area (Å²) in [4.78, 5) is 0. The third kappa shape index (κ3) is 1.50. The first-order chi connectivity index (χ1) is 4.84. The molecule has 1 heterocycles. The Hall–Kier alpha value is -0.990. The molecule has 1 rings (SSSR count). The molecule has 0 fully saturated rings. The van der Waals surface area contributed by atoms with E-state index in [1.54, 1.807) is 0 Å². The Bertz CT molecular complexity index is 195. The van der Waals surface area contributed by atoms with Crippen LogP contribution in [-0.2, 0) is 0 Å². The van der Waals surface area contributed by atoms with Gasteiger partial charge in [-0.25, -0.2) is 0 Å². The van der Waals surface area contributed by atoms with Gasteiger partial charge in [0.25, 0.3) is 0 Å². The van der Waals surface area contributed by atoms with E-state index in [0.29, 0.717) is 0 Å². The van der Waals surface area contributed by atoms with Crippen LogP contribution in [0.2, 0.25) is 0 Å². The summed E-state index contributed by atoms with van der Waals surface area (Å²) in [6.45, 7) is 4.93. The van der Waals surface area contributed by atoms with E-state index in [2.05, 4.69) is 23.6 Å². The van der Waals surface area contributed by atoms with Crippen molar-refractivity contribution in [3.8, 4) is 0 Å². The lowest BCUT2D eigenvalue weighted by Gasteiger charge is -1.97. The summed E-state index contributed by atoms with van der Waals surface area (Å²) in [5.41, 5.74) is 0.938. The molecule has 3 nitrogen and oxygen atoms in total. The number of hydrogen-bond acceptors (Lipinski definition) is 3. The number of aryl methyl sites for hydroxylation is 1. The van der Waals surface area contributed by atoms with Gasteiger partial charge >= 0.3 is 0 Å². The minimum atomic E-state index is 0.738. The van der Waals surface area contributed by atoms with Gasteiger partial charge in [0.1, 0.15) is 6.20 Å². The van der Waals surface area contributed by atoms with Crippen molar-refractivity contribution in [2.75, 3.05) is 11.9 Å². The van der Waals surface area contributed by atoms with Crippen LogP contribution in [-0.4, -0.2) is 11.7 Å². The van der Waals surface area contributed by atoms with E-state index in [1.807, 2.05) is 6.92 Å². The number of anilines is 1. The second kappa shape index (κ2) is 3.25. The van der Waals surface area contributed by atoms with Crippen LogP contribution >= 0.6 is 0 Å². The monoisotopic (exact) mass is 139 g/mol. The molecule has 1 aromatic rings. The summed E-state index contributed by atoms with van der Waals surface area (Å²) in [5.74, 6) is 0.738. The third-order valence-corrected chi connectivity index (χ3v) is 1.23. The second-order valence-corrected chi connectivity index (χ2v) is 2.18. The fraction of sp³-hybridized carbons (Fsp3) is 0.571. The maximum Gasteiger partial charge on any atom is 0.228 e. The Kier molecular flexibility index (Phi) is 2.31. The Morgan fingerprint density at radius 2 is 2.50 bits per heavy atom. The zero-order valence-corrected chi connectivity index (χ0v) is 6.27. The summed E-state index contributed by atoms with van der Waals surface area (Å²) < 4.78 is 4.85. The van der Waals surface area contributed by atoms with Gasteiger partial charge in [-0.2, -0.15) is 0 Å². The van der Waals surface area contributed by atoms with Gasteiger partial charge in [0.05, 0.1) is 0 Å². The zero-order valence-electron chi connectivity index (χ0n) is 6.27. The molecule has 0 saturated heterocycles. The van der Waals surface area contributed by atoms with E-state index in [4.69, 9.17) is 4.52 Å². The van der Waals surface area contributed by atoms with Crippen LogP contribution in [0.1, 0.15) is 18.9 Å². The zero-order chi connectivity index (χ0) is 7.40. The van der Waals surface area contributed by atoms with Gasteiger partial charge in [0.15, 0.2) is 0 Å². The first-order valence-electron chi connectivity index (χ1n) is 3.42. The molecular weight excluding hydrogens is 128 g/mol. The van der Waals surface area contributed by atoms with Crippen LogP contribution in [0.25, 0.3) is 0 Å². The van der Waals surface area contributed by atoms with Gasteiger partial charge < -0.3 is 9.84 Å². The first kappa shape index (κ1) is 7.12. The lowest BCUT2D eigenvalue weighted by Crippen LogP contribution is -1.98. The summed E-state index contributed by atoms with van der Waals surface area (Å²) in [6.07, 6.45) is 3.78. The Morgan fingerprint density at radius 1 is 1.70 bits per heavy atom. The maximum absolute atomic E-state index is 4.85. The molecule has 1 N–H and O–H groups in total. The lowest BCUT2D eigenvalue weighted by atomic mass is 10.4. The smallest absolute Gasteiger partial charge is 0.228 e. The number of rotatable bonds is 3. The van der Waals surface area contributed by atoms with Crippen LogP contribution < -0.4 is 5.32 Å². The minimum absolute atomic E-state index is 0.738. The van der Waals surface area contributed by atoms with Crippen LogP contribution in [0.4, 0.5) is 5.88 Å². The van der Waals surface area contributed by atoms with Crippen molar-refractivity contribution < 1.29 is 4.52 Å². The fourth-order valence-corrected chi connectivity index (χ4v) is 0.660. The number of aromatic nitrogens is 1. The Balaban J connectivity index is 2.49. The summed E-state index contributed by atoms with van der Waals surface area (Å²) in [7, 11) is 0. The minimum Gasteiger partial charge on any atom is -0.354 e. The average Bonchev–Trinajstić information content (AvgIpc) is 2.31. The number of hydrogen-bond donors (Lipinski definition) is 1. The van der Waals surface area contributed by atoms with Crippen molar-refractivity contribution >= 4 is 5.88 Å². The summed E-state index contributed by atoms with van der Waals surface area (Å²) >= 11 is 0. The first-order valence-corrected chi connectivity index (χ1v) is 3.42. The van der Waals surface area contributed by atoms with E-state index < -0.39 is 0 Å². The van der Waals surface area contributed by atoms with E-state index in [9.17, 15) is 0 Å². The lowest BCUT2D eigenvalue weighted by molar-refractivity contribution is 0.430. The third-order valence-electron chi connectivity index (χ3n) is 1.23. The Morgan fingerprint density at radius 3 is 3.00 bits per heavy atom. The van der Waals surface area contributed by atoms with E-state index >= 15 is 0 Å². The van der Waals surface area contributed by atoms with Gasteiger partial charge in [-0.15, -0.1) is 0 Å². The van der Waals surface area contributed by atoms with Crippen molar-refractivity contribution in [2.45, 2.75) is 20.3 Å². The molecule has 0 aromatic carbocycles. The van der Waals surface area contributed by atoms with Gasteiger partial charge in [0.2, 0.25) is 5.88 Å². The largest absolute Gasteiger partial charge is 0.354 e. The molecule has 0 unspecified atom stereocenters. The second-order valence-electron chi connectivity index (χ2n) is 2.18.